The summed E-state index contributed by atoms with van der Waals surface area (Å²) in [5.41, 5.74) is 0.435. The second-order valence-electron chi connectivity index (χ2n) is 5.31. The standard InChI is InChI=1S/C19H22FNO4/c1-23-17-7-5-6-16(18(17)24-2)19(22)21-12-3-4-13-25-15-10-8-14(20)9-11-15/h5-11H,3-4,12-13H2,1-2H3,(H,21,22). The molecule has 25 heavy (non-hydrogen) atoms. The lowest BCUT2D eigenvalue weighted by Gasteiger charge is -2.12. The van der Waals surface area contributed by atoms with Gasteiger partial charge in [0, 0.05) is 6.54 Å². The smallest absolute Gasteiger partial charge is 0.255 e. The van der Waals surface area contributed by atoms with Crippen molar-refractivity contribution in [2.24, 2.45) is 0 Å². The lowest BCUT2D eigenvalue weighted by atomic mass is 10.1. The van der Waals surface area contributed by atoms with E-state index >= 15 is 0 Å². The van der Waals surface area contributed by atoms with Gasteiger partial charge in [0.25, 0.3) is 5.91 Å². The highest BCUT2D eigenvalue weighted by Gasteiger charge is 2.15. The van der Waals surface area contributed by atoms with Gasteiger partial charge in [-0.2, -0.15) is 0 Å². The van der Waals surface area contributed by atoms with Crippen molar-refractivity contribution in [2.45, 2.75) is 12.8 Å². The van der Waals surface area contributed by atoms with E-state index in [1.54, 1.807) is 30.3 Å². The fraction of sp³-hybridized carbons (Fsp3) is 0.316. The third kappa shape index (κ3) is 5.38. The molecule has 0 bridgehead atoms. The predicted octanol–water partition coefficient (Wildman–Crippen LogP) is 3.43. The number of carbonyl (C=O) groups excluding carboxylic acids is 1. The summed E-state index contributed by atoms with van der Waals surface area (Å²) in [5.74, 6) is 1.06. The Morgan fingerprint density at radius 2 is 1.80 bits per heavy atom. The Hall–Kier alpha value is -2.76. The summed E-state index contributed by atoms with van der Waals surface area (Å²) in [4.78, 5) is 12.3. The minimum atomic E-state index is -0.289. The van der Waals surface area contributed by atoms with Gasteiger partial charge in [0.2, 0.25) is 0 Å². The van der Waals surface area contributed by atoms with Gasteiger partial charge in [-0.15, -0.1) is 0 Å². The Kier molecular flexibility index (Phi) is 7.07. The summed E-state index contributed by atoms with van der Waals surface area (Å²) in [6.45, 7) is 1.02. The number of hydrogen-bond donors (Lipinski definition) is 1. The van der Waals surface area contributed by atoms with E-state index in [1.165, 1.54) is 26.4 Å². The van der Waals surface area contributed by atoms with Crippen molar-refractivity contribution in [3.8, 4) is 17.2 Å². The molecule has 0 saturated carbocycles. The lowest BCUT2D eigenvalue weighted by molar-refractivity contribution is 0.0948. The van der Waals surface area contributed by atoms with Crippen LogP contribution in [0.3, 0.4) is 0 Å². The average molecular weight is 347 g/mol. The minimum Gasteiger partial charge on any atom is -0.494 e. The molecular formula is C19H22FNO4. The number of hydrogen-bond acceptors (Lipinski definition) is 4. The second-order valence-corrected chi connectivity index (χ2v) is 5.31. The molecular weight excluding hydrogens is 325 g/mol. The van der Waals surface area contributed by atoms with Gasteiger partial charge in [0.05, 0.1) is 26.4 Å². The van der Waals surface area contributed by atoms with E-state index in [0.717, 1.165) is 12.8 Å². The Bertz CT molecular complexity index is 688. The van der Waals surface area contributed by atoms with Crippen LogP contribution in [0, 0.1) is 5.82 Å². The molecule has 134 valence electrons. The quantitative estimate of drug-likeness (QED) is 0.706. The van der Waals surface area contributed by atoms with Crippen molar-refractivity contribution in [1.82, 2.24) is 5.32 Å². The summed E-state index contributed by atoms with van der Waals surface area (Å²) >= 11 is 0. The number of nitrogens with one attached hydrogen (secondary N) is 1. The molecule has 1 N–H and O–H groups in total. The van der Waals surface area contributed by atoms with Crippen LogP contribution in [-0.4, -0.2) is 33.3 Å². The molecule has 5 nitrogen and oxygen atoms in total. The van der Waals surface area contributed by atoms with Gasteiger partial charge in [0.15, 0.2) is 11.5 Å². The van der Waals surface area contributed by atoms with Crippen LogP contribution in [0.1, 0.15) is 23.2 Å². The predicted molar refractivity (Wildman–Crippen MR) is 93.0 cm³/mol. The average Bonchev–Trinajstić information content (AvgIpc) is 2.64. The molecule has 0 aliphatic carbocycles. The van der Waals surface area contributed by atoms with Gasteiger partial charge in [-0.05, 0) is 49.2 Å². The fourth-order valence-corrected chi connectivity index (χ4v) is 2.31. The molecule has 6 heteroatoms. The summed E-state index contributed by atoms with van der Waals surface area (Å²) < 4.78 is 28.7. The van der Waals surface area contributed by atoms with Gasteiger partial charge in [-0.1, -0.05) is 6.07 Å². The molecule has 2 aromatic rings. The third-order valence-electron chi connectivity index (χ3n) is 3.59. The number of halogens is 1. The summed E-state index contributed by atoms with van der Waals surface area (Å²) in [5, 5.41) is 2.85. The third-order valence-corrected chi connectivity index (χ3v) is 3.59. The molecule has 0 unspecified atom stereocenters. The van der Waals surface area contributed by atoms with Gasteiger partial charge >= 0.3 is 0 Å². The van der Waals surface area contributed by atoms with E-state index in [0.29, 0.717) is 36.0 Å². The number of amides is 1. The normalized spacial score (nSPS) is 10.2. The van der Waals surface area contributed by atoms with Gasteiger partial charge in [-0.25, -0.2) is 4.39 Å². The largest absolute Gasteiger partial charge is 0.494 e. The highest BCUT2D eigenvalue weighted by Crippen LogP contribution is 2.30. The summed E-state index contributed by atoms with van der Waals surface area (Å²) in [6.07, 6.45) is 1.53. The number of unbranched alkanes of at least 4 members (excludes halogenated alkanes) is 1. The first-order valence-electron chi connectivity index (χ1n) is 8.03. The van der Waals surface area contributed by atoms with Crippen LogP contribution in [0.15, 0.2) is 42.5 Å². The Morgan fingerprint density at radius 3 is 2.48 bits per heavy atom. The van der Waals surface area contributed by atoms with Crippen LogP contribution in [0.25, 0.3) is 0 Å². The zero-order valence-corrected chi connectivity index (χ0v) is 14.4. The van der Waals surface area contributed by atoms with Gasteiger partial charge < -0.3 is 19.5 Å². The minimum absolute atomic E-state index is 0.213. The Labute approximate surface area is 146 Å². The van der Waals surface area contributed by atoms with E-state index in [4.69, 9.17) is 14.2 Å². The molecule has 0 spiro atoms. The first-order chi connectivity index (χ1) is 12.2. The Balaban J connectivity index is 1.73. The van der Waals surface area contributed by atoms with Crippen LogP contribution in [0.4, 0.5) is 4.39 Å². The summed E-state index contributed by atoms with van der Waals surface area (Å²) in [7, 11) is 3.03. The lowest BCUT2D eigenvalue weighted by Crippen LogP contribution is -2.25. The molecule has 2 rings (SSSR count). The van der Waals surface area contributed by atoms with Crippen molar-refractivity contribution in [3.63, 3.8) is 0 Å². The number of para-hydroxylation sites is 1. The highest BCUT2D eigenvalue weighted by atomic mass is 19.1. The SMILES string of the molecule is COc1cccc(C(=O)NCCCCOc2ccc(F)cc2)c1OC. The van der Waals surface area contributed by atoms with Crippen LogP contribution in [0.5, 0.6) is 17.2 Å². The second kappa shape index (κ2) is 9.52. The fourth-order valence-electron chi connectivity index (χ4n) is 2.31. The van der Waals surface area contributed by atoms with Crippen molar-refractivity contribution < 1.29 is 23.4 Å². The molecule has 0 saturated heterocycles. The number of methoxy groups -OCH3 is 2. The zero-order chi connectivity index (χ0) is 18.1. The summed E-state index contributed by atoms with van der Waals surface area (Å²) in [6, 6.07) is 11.1. The van der Waals surface area contributed by atoms with E-state index in [9.17, 15) is 9.18 Å². The zero-order valence-electron chi connectivity index (χ0n) is 14.4. The van der Waals surface area contributed by atoms with Crippen molar-refractivity contribution >= 4 is 5.91 Å². The van der Waals surface area contributed by atoms with Crippen molar-refractivity contribution in [1.29, 1.82) is 0 Å². The van der Waals surface area contributed by atoms with E-state index < -0.39 is 0 Å². The van der Waals surface area contributed by atoms with E-state index in [-0.39, 0.29) is 11.7 Å². The van der Waals surface area contributed by atoms with Crippen LogP contribution in [0.2, 0.25) is 0 Å². The van der Waals surface area contributed by atoms with Crippen molar-refractivity contribution in [2.75, 3.05) is 27.4 Å². The van der Waals surface area contributed by atoms with Gasteiger partial charge in [0.1, 0.15) is 11.6 Å². The number of ether oxygens (including phenoxy) is 3. The van der Waals surface area contributed by atoms with E-state index in [1.807, 2.05) is 0 Å². The number of rotatable bonds is 9. The number of carbonyl (C=O) groups is 1. The maximum absolute atomic E-state index is 12.8. The molecule has 0 radical (unpaired) electrons. The monoisotopic (exact) mass is 347 g/mol. The van der Waals surface area contributed by atoms with Crippen LogP contribution < -0.4 is 19.5 Å². The van der Waals surface area contributed by atoms with Crippen LogP contribution >= 0.6 is 0 Å². The maximum Gasteiger partial charge on any atom is 0.255 e. The van der Waals surface area contributed by atoms with E-state index in [2.05, 4.69) is 5.32 Å². The van der Waals surface area contributed by atoms with Gasteiger partial charge in [-0.3, -0.25) is 4.79 Å². The molecule has 0 atom stereocenters. The number of benzene rings is 2. The molecule has 1 amide bonds. The first-order valence-corrected chi connectivity index (χ1v) is 8.03. The molecule has 0 heterocycles. The maximum atomic E-state index is 12.8. The van der Waals surface area contributed by atoms with Crippen molar-refractivity contribution in [3.05, 3.63) is 53.8 Å². The first kappa shape index (κ1) is 18.6. The molecule has 0 fully saturated rings. The highest BCUT2D eigenvalue weighted by molar-refractivity contribution is 5.97. The van der Waals surface area contributed by atoms with Crippen LogP contribution in [-0.2, 0) is 0 Å². The Morgan fingerprint density at radius 1 is 1.04 bits per heavy atom. The molecule has 0 aliphatic heterocycles. The molecule has 2 aromatic carbocycles. The molecule has 0 aromatic heterocycles. The molecule has 0 aliphatic rings. The topological polar surface area (TPSA) is 56.8 Å².